The fraction of sp³-hybridized carbons (Fsp3) is 0. The summed E-state index contributed by atoms with van der Waals surface area (Å²) < 4.78 is 7.55. The Morgan fingerprint density at radius 2 is 0.902 bits per heavy atom. The van der Waals surface area contributed by atoms with Crippen molar-refractivity contribution in [3.05, 3.63) is 182 Å². The van der Waals surface area contributed by atoms with Crippen molar-refractivity contribution in [1.82, 2.24) is 9.13 Å². The largest absolute Gasteiger partial charge is 0.309 e. The van der Waals surface area contributed by atoms with Crippen molar-refractivity contribution < 1.29 is 0 Å². The summed E-state index contributed by atoms with van der Waals surface area (Å²) in [7, 11) is 0. The number of aromatic nitrogens is 2. The molecule has 8 aromatic carbocycles. The molecule has 0 saturated carbocycles. The van der Waals surface area contributed by atoms with Gasteiger partial charge in [-0.3, -0.25) is 0 Å². The van der Waals surface area contributed by atoms with Crippen LogP contribution in [0.4, 0.5) is 0 Å². The van der Waals surface area contributed by atoms with Crippen molar-refractivity contribution in [3.63, 3.8) is 0 Å². The summed E-state index contributed by atoms with van der Waals surface area (Å²) in [5.74, 6) is 0. The van der Waals surface area contributed by atoms with Crippen molar-refractivity contribution in [2.75, 3.05) is 0 Å². The molecule has 0 radical (unpaired) electrons. The molecule has 11 rings (SSSR count). The SMILES string of the molecule is c1ccc(-c2cccc(-c3ccc(-n4c5ccccc5c5cc6c7c8c(ccc7n(-c7ccccc7)c6cc54)sc4ccccc48)cc3)c2)cc1. The molecule has 11 aromatic rings. The molecule has 3 heterocycles. The minimum atomic E-state index is 1.15. The van der Waals surface area contributed by atoms with E-state index in [-0.39, 0.29) is 0 Å². The average molecular weight is 667 g/mol. The summed E-state index contributed by atoms with van der Waals surface area (Å²) >= 11 is 1.88. The van der Waals surface area contributed by atoms with Crippen LogP contribution in [0.3, 0.4) is 0 Å². The predicted octanol–water partition coefficient (Wildman–Crippen LogP) is 13.6. The number of para-hydroxylation sites is 2. The lowest BCUT2D eigenvalue weighted by molar-refractivity contribution is 1.16. The molecule has 0 aliphatic rings. The Morgan fingerprint density at radius 3 is 1.71 bits per heavy atom. The Morgan fingerprint density at radius 1 is 0.294 bits per heavy atom. The quantitative estimate of drug-likeness (QED) is 0.177. The van der Waals surface area contributed by atoms with Crippen LogP contribution in [0.2, 0.25) is 0 Å². The molecule has 0 N–H and O–H groups in total. The standard InChI is InChI=1S/C48H30N2S/c1-3-12-31(13-4-1)33-14-11-15-34(28-33)32-22-24-36(25-23-32)49-41-20-9-7-18-37(41)39-29-40-44(30-43(39)49)50(35-16-5-2-6-17-35)42-26-27-46-48(47(40)42)38-19-8-10-21-45(38)51-46/h1-30H. The van der Waals surface area contributed by atoms with E-state index in [1.165, 1.54) is 91.7 Å². The maximum absolute atomic E-state index is 2.46. The normalized spacial score (nSPS) is 11.9. The van der Waals surface area contributed by atoms with Crippen LogP contribution in [-0.2, 0) is 0 Å². The molecule has 2 nitrogen and oxygen atoms in total. The molecule has 3 aromatic heterocycles. The topological polar surface area (TPSA) is 9.86 Å². The van der Waals surface area contributed by atoms with Crippen LogP contribution in [0, 0.1) is 0 Å². The lowest BCUT2D eigenvalue weighted by Crippen LogP contribution is -1.96. The lowest BCUT2D eigenvalue weighted by Gasteiger charge is -2.11. The molecular weight excluding hydrogens is 637 g/mol. The maximum Gasteiger partial charge on any atom is 0.0562 e. The van der Waals surface area contributed by atoms with Crippen molar-refractivity contribution in [2.45, 2.75) is 0 Å². The summed E-state index contributed by atoms with van der Waals surface area (Å²) in [6, 6.07) is 66.5. The third-order valence-electron chi connectivity index (χ3n) is 10.5. The Bertz CT molecular complexity index is 3110. The van der Waals surface area contributed by atoms with E-state index >= 15 is 0 Å². The van der Waals surface area contributed by atoms with Crippen LogP contribution < -0.4 is 0 Å². The van der Waals surface area contributed by atoms with Crippen LogP contribution in [0.15, 0.2) is 182 Å². The lowest BCUT2D eigenvalue weighted by atomic mass is 9.99. The fourth-order valence-electron chi connectivity index (χ4n) is 8.23. The molecule has 0 unspecified atom stereocenters. The van der Waals surface area contributed by atoms with Crippen molar-refractivity contribution in [3.8, 4) is 33.6 Å². The van der Waals surface area contributed by atoms with Gasteiger partial charge in [0.2, 0.25) is 0 Å². The fourth-order valence-corrected chi connectivity index (χ4v) is 9.34. The predicted molar refractivity (Wildman–Crippen MR) is 219 cm³/mol. The molecule has 0 amide bonds. The van der Waals surface area contributed by atoms with E-state index in [4.69, 9.17) is 0 Å². The van der Waals surface area contributed by atoms with Crippen molar-refractivity contribution in [1.29, 1.82) is 0 Å². The second-order valence-corrected chi connectivity index (χ2v) is 14.4. The molecule has 0 bridgehead atoms. The Labute approximate surface area is 298 Å². The van der Waals surface area contributed by atoms with Gasteiger partial charge in [-0.05, 0) is 89.0 Å². The zero-order valence-corrected chi connectivity index (χ0v) is 28.4. The number of hydrogen-bond donors (Lipinski definition) is 0. The molecule has 238 valence electrons. The summed E-state index contributed by atoms with van der Waals surface area (Å²) in [5.41, 5.74) is 12.1. The van der Waals surface area contributed by atoms with Crippen LogP contribution in [0.1, 0.15) is 0 Å². The number of hydrogen-bond acceptors (Lipinski definition) is 1. The van der Waals surface area contributed by atoms with Crippen LogP contribution in [-0.4, -0.2) is 9.13 Å². The maximum atomic E-state index is 2.46. The average Bonchev–Trinajstić information content (AvgIpc) is 3.85. The third kappa shape index (κ3) is 4.29. The molecule has 0 saturated heterocycles. The molecule has 0 aliphatic heterocycles. The first-order chi connectivity index (χ1) is 25.3. The Kier molecular flexibility index (Phi) is 6.16. The number of nitrogens with zero attached hydrogens (tertiary/aromatic N) is 2. The molecule has 0 aliphatic carbocycles. The second-order valence-electron chi connectivity index (χ2n) is 13.3. The summed E-state index contributed by atoms with van der Waals surface area (Å²) in [6.07, 6.45) is 0. The van der Waals surface area contributed by atoms with E-state index in [2.05, 4.69) is 191 Å². The molecule has 51 heavy (non-hydrogen) atoms. The Hall–Kier alpha value is -6.42. The smallest absolute Gasteiger partial charge is 0.0562 e. The molecule has 0 spiro atoms. The van der Waals surface area contributed by atoms with Gasteiger partial charge in [-0.1, -0.05) is 115 Å². The van der Waals surface area contributed by atoms with Crippen LogP contribution in [0.25, 0.3) is 97.4 Å². The highest BCUT2D eigenvalue weighted by Gasteiger charge is 2.21. The molecule has 0 atom stereocenters. The van der Waals surface area contributed by atoms with Crippen molar-refractivity contribution >= 4 is 75.1 Å². The van der Waals surface area contributed by atoms with Gasteiger partial charge in [0.25, 0.3) is 0 Å². The number of benzene rings is 8. The third-order valence-corrected chi connectivity index (χ3v) is 11.6. The number of thiophene rings is 1. The summed E-state index contributed by atoms with van der Waals surface area (Å²) in [5, 5.41) is 7.81. The first-order valence-electron chi connectivity index (χ1n) is 17.4. The van der Waals surface area contributed by atoms with E-state index < -0.39 is 0 Å². The zero-order chi connectivity index (χ0) is 33.5. The van der Waals surface area contributed by atoms with Gasteiger partial charge in [-0.15, -0.1) is 11.3 Å². The molecule has 3 heteroatoms. The highest BCUT2D eigenvalue weighted by molar-refractivity contribution is 7.26. The number of rotatable bonds is 4. The first-order valence-corrected chi connectivity index (χ1v) is 18.3. The highest BCUT2D eigenvalue weighted by Crippen LogP contribution is 2.45. The van der Waals surface area contributed by atoms with Gasteiger partial charge in [0.1, 0.15) is 0 Å². The van der Waals surface area contributed by atoms with Gasteiger partial charge >= 0.3 is 0 Å². The summed E-state index contributed by atoms with van der Waals surface area (Å²) in [4.78, 5) is 0. The second kappa shape index (κ2) is 11.0. The van der Waals surface area contributed by atoms with E-state index in [1.807, 2.05) is 11.3 Å². The van der Waals surface area contributed by atoms with Crippen molar-refractivity contribution in [2.24, 2.45) is 0 Å². The van der Waals surface area contributed by atoms with E-state index in [0.29, 0.717) is 0 Å². The van der Waals surface area contributed by atoms with Gasteiger partial charge < -0.3 is 9.13 Å². The number of fused-ring (bicyclic) bond motifs is 10. The Balaban J connectivity index is 1.17. The minimum absolute atomic E-state index is 1.15. The minimum Gasteiger partial charge on any atom is -0.309 e. The van der Waals surface area contributed by atoms with Gasteiger partial charge in [0, 0.05) is 53.1 Å². The molecule has 0 fully saturated rings. The zero-order valence-electron chi connectivity index (χ0n) is 27.6. The first kappa shape index (κ1) is 28.4. The molecular formula is C48H30N2S. The van der Waals surface area contributed by atoms with E-state index in [1.54, 1.807) is 0 Å². The summed E-state index contributed by atoms with van der Waals surface area (Å²) in [6.45, 7) is 0. The van der Waals surface area contributed by atoms with Crippen LogP contribution in [0.5, 0.6) is 0 Å². The van der Waals surface area contributed by atoms with Gasteiger partial charge in [-0.25, -0.2) is 0 Å². The van der Waals surface area contributed by atoms with E-state index in [9.17, 15) is 0 Å². The monoisotopic (exact) mass is 666 g/mol. The van der Waals surface area contributed by atoms with E-state index in [0.717, 1.165) is 5.69 Å². The van der Waals surface area contributed by atoms with Gasteiger partial charge in [-0.2, -0.15) is 0 Å². The van der Waals surface area contributed by atoms with Gasteiger partial charge in [0.05, 0.1) is 22.1 Å². The van der Waals surface area contributed by atoms with Crippen LogP contribution >= 0.6 is 11.3 Å². The van der Waals surface area contributed by atoms with Gasteiger partial charge in [0.15, 0.2) is 0 Å². The highest BCUT2D eigenvalue weighted by atomic mass is 32.1.